The van der Waals surface area contributed by atoms with E-state index >= 15 is 0 Å². The van der Waals surface area contributed by atoms with Crippen LogP contribution in [0.1, 0.15) is 70.9 Å². The topological polar surface area (TPSA) is 142 Å². The van der Waals surface area contributed by atoms with E-state index in [1.807, 2.05) is 24.3 Å². The molecule has 198 valence electrons. The maximum atomic E-state index is 13.6. The standard InChI is InChI=1S/C30H30N6OS2/c1-5-15-6-8-16(9-7-15)22-20(14-32)26(34)35-29-23(22)24(33)25(39-29)27(37)36-28-19(13-31)18-11-10-17(30(2,3)4)12-21(18)38-28/h6-9,17H,5,10-12,33H2,1-4H3,(H2,34,35)(H,36,37). The molecular formula is C30H30N6OS2. The third-order valence-electron chi connectivity index (χ3n) is 7.70. The molecule has 1 aromatic carbocycles. The molecule has 1 aliphatic rings. The summed E-state index contributed by atoms with van der Waals surface area (Å²) in [5.41, 5.74) is 17.5. The Balaban J connectivity index is 1.56. The highest BCUT2D eigenvalue weighted by atomic mass is 32.1. The lowest BCUT2D eigenvalue weighted by atomic mass is 9.72. The van der Waals surface area contributed by atoms with E-state index in [0.717, 1.165) is 53.7 Å². The van der Waals surface area contributed by atoms with Crippen LogP contribution in [0.3, 0.4) is 0 Å². The number of thiophene rings is 2. The molecule has 1 unspecified atom stereocenters. The molecule has 5 N–H and O–H groups in total. The number of hydrogen-bond donors (Lipinski definition) is 3. The number of nitrogen functional groups attached to an aromatic ring is 2. The Morgan fingerprint density at radius 3 is 2.44 bits per heavy atom. The number of benzene rings is 1. The first kappa shape index (κ1) is 26.7. The Hall–Kier alpha value is -3.92. The summed E-state index contributed by atoms with van der Waals surface area (Å²) in [6.07, 6.45) is 3.64. The molecule has 4 aromatic rings. The summed E-state index contributed by atoms with van der Waals surface area (Å²) in [7, 11) is 0. The zero-order valence-corrected chi connectivity index (χ0v) is 24.1. The number of fused-ring (bicyclic) bond motifs is 2. The minimum atomic E-state index is -0.401. The van der Waals surface area contributed by atoms with E-state index in [2.05, 4.69) is 50.1 Å². The van der Waals surface area contributed by atoms with Crippen LogP contribution in [0.4, 0.5) is 16.5 Å². The highest BCUT2D eigenvalue weighted by Gasteiger charge is 2.33. The molecule has 1 amide bonds. The summed E-state index contributed by atoms with van der Waals surface area (Å²) in [4.78, 5) is 19.9. The third kappa shape index (κ3) is 4.63. The Kier molecular flexibility index (Phi) is 6.84. The van der Waals surface area contributed by atoms with Crippen LogP contribution in [-0.4, -0.2) is 10.9 Å². The van der Waals surface area contributed by atoms with Crippen LogP contribution in [-0.2, 0) is 19.3 Å². The molecule has 1 aliphatic carbocycles. The molecule has 0 saturated carbocycles. The molecule has 0 saturated heterocycles. The van der Waals surface area contributed by atoms with Crippen molar-refractivity contribution in [3.63, 3.8) is 0 Å². The van der Waals surface area contributed by atoms with Crippen LogP contribution in [0.5, 0.6) is 0 Å². The number of aromatic nitrogens is 1. The molecule has 0 spiro atoms. The number of carbonyl (C=O) groups is 1. The van der Waals surface area contributed by atoms with Gasteiger partial charge in [-0.3, -0.25) is 4.79 Å². The van der Waals surface area contributed by atoms with Gasteiger partial charge in [0.2, 0.25) is 0 Å². The van der Waals surface area contributed by atoms with Crippen molar-refractivity contribution in [1.29, 1.82) is 10.5 Å². The number of anilines is 3. The molecule has 0 fully saturated rings. The van der Waals surface area contributed by atoms with Gasteiger partial charge in [-0.1, -0.05) is 52.0 Å². The molecule has 0 bridgehead atoms. The van der Waals surface area contributed by atoms with Crippen molar-refractivity contribution in [3.8, 4) is 23.3 Å². The van der Waals surface area contributed by atoms with Gasteiger partial charge in [-0.05, 0) is 53.7 Å². The summed E-state index contributed by atoms with van der Waals surface area (Å²) < 4.78 is 0. The van der Waals surface area contributed by atoms with Crippen molar-refractivity contribution in [1.82, 2.24) is 4.98 Å². The van der Waals surface area contributed by atoms with Crippen LogP contribution < -0.4 is 16.8 Å². The zero-order chi connectivity index (χ0) is 28.1. The molecule has 0 aliphatic heterocycles. The van der Waals surface area contributed by atoms with Crippen molar-refractivity contribution in [2.75, 3.05) is 16.8 Å². The molecule has 9 heteroatoms. The van der Waals surface area contributed by atoms with Crippen molar-refractivity contribution in [3.05, 3.63) is 56.3 Å². The highest BCUT2D eigenvalue weighted by molar-refractivity contribution is 7.21. The first-order valence-electron chi connectivity index (χ1n) is 12.9. The van der Waals surface area contributed by atoms with Crippen molar-refractivity contribution in [2.45, 2.75) is 53.4 Å². The highest BCUT2D eigenvalue weighted by Crippen LogP contribution is 2.46. The Morgan fingerprint density at radius 2 is 1.82 bits per heavy atom. The van der Waals surface area contributed by atoms with Crippen LogP contribution in [0.2, 0.25) is 0 Å². The number of nitrogens with two attached hydrogens (primary N) is 2. The number of rotatable bonds is 4. The second-order valence-electron chi connectivity index (χ2n) is 11.0. The van der Waals surface area contributed by atoms with Crippen molar-refractivity contribution >= 4 is 55.3 Å². The number of nitrogens with one attached hydrogen (secondary N) is 1. The van der Waals surface area contributed by atoms with Crippen LogP contribution in [0, 0.1) is 34.0 Å². The smallest absolute Gasteiger partial charge is 0.268 e. The molecule has 5 rings (SSSR count). The number of carbonyl (C=O) groups excluding carboxylic acids is 1. The van der Waals surface area contributed by atoms with Gasteiger partial charge in [0.05, 0.1) is 11.3 Å². The summed E-state index contributed by atoms with van der Waals surface area (Å²) in [5, 5.41) is 23.9. The summed E-state index contributed by atoms with van der Waals surface area (Å²) >= 11 is 2.62. The lowest BCUT2D eigenvalue weighted by Crippen LogP contribution is -2.26. The second-order valence-corrected chi connectivity index (χ2v) is 13.1. The predicted molar refractivity (Wildman–Crippen MR) is 160 cm³/mol. The first-order chi connectivity index (χ1) is 18.6. The third-order valence-corrected chi connectivity index (χ3v) is 9.97. The fourth-order valence-corrected chi connectivity index (χ4v) is 7.62. The van der Waals surface area contributed by atoms with E-state index < -0.39 is 5.91 Å². The van der Waals surface area contributed by atoms with Gasteiger partial charge in [0.25, 0.3) is 5.91 Å². The lowest BCUT2D eigenvalue weighted by Gasteiger charge is -2.33. The lowest BCUT2D eigenvalue weighted by molar-refractivity contribution is 0.103. The van der Waals surface area contributed by atoms with Gasteiger partial charge in [0.1, 0.15) is 38.2 Å². The molecule has 3 heterocycles. The van der Waals surface area contributed by atoms with E-state index in [1.54, 1.807) is 0 Å². The van der Waals surface area contributed by atoms with Gasteiger partial charge in [0, 0.05) is 15.8 Å². The quantitative estimate of drug-likeness (QED) is 0.250. The molecule has 39 heavy (non-hydrogen) atoms. The zero-order valence-electron chi connectivity index (χ0n) is 22.4. The van der Waals surface area contributed by atoms with Gasteiger partial charge in [-0.2, -0.15) is 10.5 Å². The van der Waals surface area contributed by atoms with E-state index in [0.29, 0.717) is 32.3 Å². The summed E-state index contributed by atoms with van der Waals surface area (Å²) in [6, 6.07) is 12.4. The molecule has 3 aromatic heterocycles. The number of amides is 1. The maximum Gasteiger partial charge on any atom is 0.268 e. The van der Waals surface area contributed by atoms with Gasteiger partial charge in [-0.15, -0.1) is 22.7 Å². The Morgan fingerprint density at radius 1 is 1.13 bits per heavy atom. The monoisotopic (exact) mass is 554 g/mol. The normalized spacial score (nSPS) is 15.0. The Bertz CT molecular complexity index is 1690. The summed E-state index contributed by atoms with van der Waals surface area (Å²) in [5.74, 6) is 0.217. The average molecular weight is 555 g/mol. The number of nitriles is 2. The van der Waals surface area contributed by atoms with Gasteiger partial charge in [0.15, 0.2) is 0 Å². The van der Waals surface area contributed by atoms with Crippen LogP contribution >= 0.6 is 22.7 Å². The number of aryl methyl sites for hydroxylation is 1. The van der Waals surface area contributed by atoms with Crippen molar-refractivity contribution in [2.24, 2.45) is 11.3 Å². The van der Waals surface area contributed by atoms with E-state index in [4.69, 9.17) is 11.5 Å². The maximum absolute atomic E-state index is 13.6. The predicted octanol–water partition coefficient (Wildman–Crippen LogP) is 6.90. The summed E-state index contributed by atoms with van der Waals surface area (Å²) in [6.45, 7) is 8.82. The SMILES string of the molecule is CCc1ccc(-c2c(C#N)c(N)nc3sc(C(=O)Nc4sc5c(c4C#N)CCC(C(C)(C)C)C5)c(N)c23)cc1. The average Bonchev–Trinajstić information content (AvgIpc) is 3.43. The molecular weight excluding hydrogens is 525 g/mol. The number of hydrogen-bond acceptors (Lipinski definition) is 8. The fourth-order valence-electron chi connectivity index (χ4n) is 5.34. The van der Waals surface area contributed by atoms with Crippen LogP contribution in [0.15, 0.2) is 24.3 Å². The Labute approximate surface area is 236 Å². The minimum absolute atomic E-state index is 0.0962. The van der Waals surface area contributed by atoms with E-state index in [9.17, 15) is 15.3 Å². The van der Waals surface area contributed by atoms with Crippen LogP contribution in [0.25, 0.3) is 21.3 Å². The molecule has 1 atom stereocenters. The van der Waals surface area contributed by atoms with Gasteiger partial charge in [-0.25, -0.2) is 4.98 Å². The first-order valence-corrected chi connectivity index (χ1v) is 14.6. The number of nitrogens with zero attached hydrogens (tertiary/aromatic N) is 3. The molecule has 7 nitrogen and oxygen atoms in total. The van der Waals surface area contributed by atoms with Gasteiger partial charge >= 0.3 is 0 Å². The van der Waals surface area contributed by atoms with Crippen molar-refractivity contribution < 1.29 is 4.79 Å². The van der Waals surface area contributed by atoms with Gasteiger partial charge < -0.3 is 16.8 Å². The molecule has 0 radical (unpaired) electrons. The van der Waals surface area contributed by atoms with E-state index in [1.165, 1.54) is 16.2 Å². The largest absolute Gasteiger partial charge is 0.397 e. The van der Waals surface area contributed by atoms with E-state index in [-0.39, 0.29) is 27.4 Å². The second kappa shape index (κ2) is 10.00. The number of pyridine rings is 1. The fraction of sp³-hybridized carbons (Fsp3) is 0.333. The minimum Gasteiger partial charge on any atom is -0.397 e.